The van der Waals surface area contributed by atoms with Gasteiger partial charge in [-0.15, -0.1) is 0 Å². The van der Waals surface area contributed by atoms with Gasteiger partial charge in [-0.1, -0.05) is 11.6 Å². The summed E-state index contributed by atoms with van der Waals surface area (Å²) in [5.41, 5.74) is 0.410. The molecule has 0 saturated heterocycles. The minimum Gasteiger partial charge on any atom is -0.461 e. The summed E-state index contributed by atoms with van der Waals surface area (Å²) < 4.78 is 5.83. The lowest BCUT2D eigenvalue weighted by Gasteiger charge is -2.04. The van der Waals surface area contributed by atoms with Crippen molar-refractivity contribution < 1.29 is 9.53 Å². The van der Waals surface area contributed by atoms with Gasteiger partial charge in [0.05, 0.1) is 6.61 Å². The number of carbonyl (C=O) groups excluding carboxylic acids is 1. The third-order valence-corrected chi connectivity index (χ3v) is 2.64. The molecule has 0 aliphatic heterocycles. The van der Waals surface area contributed by atoms with E-state index in [2.05, 4.69) is 10.1 Å². The number of nitrogens with zero attached hydrogens (tertiary/aromatic N) is 3. The fourth-order valence-electron chi connectivity index (χ4n) is 1.42. The summed E-state index contributed by atoms with van der Waals surface area (Å²) in [6.45, 7) is 3.63. The molecule has 0 atom stereocenters. The van der Waals surface area contributed by atoms with Gasteiger partial charge in [-0.2, -0.15) is 9.61 Å². The monoisotopic (exact) mass is 267 g/mol. The molecule has 6 nitrogen and oxygen atoms in total. The number of hydrogen-bond acceptors (Lipinski definition) is 5. The summed E-state index contributed by atoms with van der Waals surface area (Å²) in [7, 11) is 0. The highest BCUT2D eigenvalue weighted by Crippen LogP contribution is 2.11. The second-order valence-corrected chi connectivity index (χ2v) is 3.95. The summed E-state index contributed by atoms with van der Waals surface area (Å²) in [5.74, 6) is -0.635. The molecular formula is C11H10ClN3O3. The lowest BCUT2D eigenvalue weighted by Crippen LogP contribution is -2.21. The molecule has 18 heavy (non-hydrogen) atoms. The normalized spacial score (nSPS) is 10.6. The molecule has 0 saturated carbocycles. The van der Waals surface area contributed by atoms with E-state index in [1.807, 2.05) is 0 Å². The number of fused-ring (bicyclic) bond motifs is 1. The average Bonchev–Trinajstić information content (AvgIpc) is 2.32. The quantitative estimate of drug-likeness (QED) is 0.765. The topological polar surface area (TPSA) is 73.6 Å². The average molecular weight is 268 g/mol. The van der Waals surface area contributed by atoms with Crippen molar-refractivity contribution in [3.05, 3.63) is 38.9 Å². The van der Waals surface area contributed by atoms with E-state index in [0.717, 1.165) is 10.6 Å². The summed E-state index contributed by atoms with van der Waals surface area (Å²) in [6, 6.07) is 2.66. The molecule has 2 heterocycles. The highest BCUT2D eigenvalue weighted by molar-refractivity contribution is 6.30. The molecule has 0 N–H and O–H groups in total. The van der Waals surface area contributed by atoms with Gasteiger partial charge in [-0.3, -0.25) is 4.79 Å². The molecule has 0 bridgehead atoms. The predicted octanol–water partition coefficient (Wildman–Crippen LogP) is 1.23. The molecule has 0 amide bonds. The van der Waals surface area contributed by atoms with Crippen molar-refractivity contribution in [3.63, 3.8) is 0 Å². The summed E-state index contributed by atoms with van der Waals surface area (Å²) >= 11 is 5.82. The first-order chi connectivity index (χ1) is 8.52. The van der Waals surface area contributed by atoms with Crippen LogP contribution in [0.25, 0.3) is 5.65 Å². The van der Waals surface area contributed by atoms with Gasteiger partial charge < -0.3 is 4.74 Å². The SMILES string of the molecule is CCOC(=O)c1cc(=O)n2nc(Cl)c(C)cc2n1. The molecule has 0 spiro atoms. The molecule has 2 aromatic rings. The Bertz CT molecular complexity index is 681. The van der Waals surface area contributed by atoms with E-state index in [-0.39, 0.29) is 23.1 Å². The number of aromatic nitrogens is 3. The van der Waals surface area contributed by atoms with E-state index in [0.29, 0.717) is 5.56 Å². The van der Waals surface area contributed by atoms with Gasteiger partial charge in [-0.25, -0.2) is 9.78 Å². The molecule has 0 aliphatic carbocycles. The van der Waals surface area contributed by atoms with Gasteiger partial charge in [-0.05, 0) is 25.5 Å². The van der Waals surface area contributed by atoms with Crippen molar-refractivity contribution in [1.29, 1.82) is 0 Å². The first-order valence-corrected chi connectivity index (χ1v) is 5.65. The highest BCUT2D eigenvalue weighted by Gasteiger charge is 2.12. The van der Waals surface area contributed by atoms with Crippen LogP contribution in [-0.2, 0) is 4.74 Å². The van der Waals surface area contributed by atoms with Gasteiger partial charge in [0.25, 0.3) is 5.56 Å². The van der Waals surface area contributed by atoms with Crippen LogP contribution in [0.15, 0.2) is 16.9 Å². The molecule has 0 aliphatic rings. The van der Waals surface area contributed by atoms with Crippen LogP contribution in [0, 0.1) is 6.92 Å². The summed E-state index contributed by atoms with van der Waals surface area (Å²) in [5, 5.41) is 4.09. The largest absolute Gasteiger partial charge is 0.461 e. The summed E-state index contributed by atoms with van der Waals surface area (Å²) in [4.78, 5) is 27.3. The Balaban J connectivity index is 2.65. The first-order valence-electron chi connectivity index (χ1n) is 5.27. The zero-order chi connectivity index (χ0) is 13.3. The zero-order valence-corrected chi connectivity index (χ0v) is 10.6. The van der Waals surface area contributed by atoms with E-state index in [4.69, 9.17) is 16.3 Å². The number of rotatable bonds is 2. The number of esters is 1. The maximum Gasteiger partial charge on any atom is 0.357 e. The molecule has 0 unspecified atom stereocenters. The van der Waals surface area contributed by atoms with Gasteiger partial charge in [0.2, 0.25) is 0 Å². The van der Waals surface area contributed by atoms with E-state index in [1.165, 1.54) is 0 Å². The molecule has 0 radical (unpaired) electrons. The van der Waals surface area contributed by atoms with E-state index < -0.39 is 11.5 Å². The lowest BCUT2D eigenvalue weighted by molar-refractivity contribution is 0.0519. The minimum atomic E-state index is -0.635. The maximum atomic E-state index is 11.8. The van der Waals surface area contributed by atoms with Crippen LogP contribution in [0.4, 0.5) is 0 Å². The Morgan fingerprint density at radius 3 is 2.89 bits per heavy atom. The third kappa shape index (κ3) is 2.19. The van der Waals surface area contributed by atoms with Crippen LogP contribution in [0.2, 0.25) is 5.15 Å². The van der Waals surface area contributed by atoms with Crippen LogP contribution < -0.4 is 5.56 Å². The van der Waals surface area contributed by atoms with Crippen molar-refractivity contribution in [3.8, 4) is 0 Å². The Hall–Kier alpha value is -1.95. The highest BCUT2D eigenvalue weighted by atomic mass is 35.5. The van der Waals surface area contributed by atoms with Crippen LogP contribution in [0.1, 0.15) is 23.0 Å². The molecule has 7 heteroatoms. The van der Waals surface area contributed by atoms with Crippen LogP contribution >= 0.6 is 11.6 Å². The van der Waals surface area contributed by atoms with E-state index in [1.54, 1.807) is 19.9 Å². The molecule has 0 fully saturated rings. The molecule has 0 aromatic carbocycles. The molecule has 2 aromatic heterocycles. The number of halogens is 1. The van der Waals surface area contributed by atoms with Crippen LogP contribution in [0.5, 0.6) is 0 Å². The molecular weight excluding hydrogens is 258 g/mol. The van der Waals surface area contributed by atoms with Gasteiger partial charge in [0.1, 0.15) is 0 Å². The van der Waals surface area contributed by atoms with Gasteiger partial charge in [0.15, 0.2) is 16.5 Å². The van der Waals surface area contributed by atoms with E-state index in [9.17, 15) is 9.59 Å². The maximum absolute atomic E-state index is 11.8. The minimum absolute atomic E-state index is 0.0367. The number of ether oxygens (including phenoxy) is 1. The second-order valence-electron chi connectivity index (χ2n) is 3.59. The second kappa shape index (κ2) is 4.73. The van der Waals surface area contributed by atoms with Gasteiger partial charge in [0, 0.05) is 6.07 Å². The van der Waals surface area contributed by atoms with Crippen molar-refractivity contribution in [2.75, 3.05) is 6.61 Å². The van der Waals surface area contributed by atoms with Crippen LogP contribution in [0.3, 0.4) is 0 Å². The number of aryl methyl sites for hydroxylation is 1. The Kier molecular flexibility index (Phi) is 3.29. The number of carbonyl (C=O) groups is 1. The molecule has 2 rings (SSSR count). The van der Waals surface area contributed by atoms with Crippen molar-refractivity contribution >= 4 is 23.2 Å². The summed E-state index contributed by atoms with van der Waals surface area (Å²) in [6.07, 6.45) is 0. The van der Waals surface area contributed by atoms with E-state index >= 15 is 0 Å². The van der Waals surface area contributed by atoms with Crippen molar-refractivity contribution in [1.82, 2.24) is 14.6 Å². The Morgan fingerprint density at radius 1 is 1.50 bits per heavy atom. The smallest absolute Gasteiger partial charge is 0.357 e. The fraction of sp³-hybridized carbons (Fsp3) is 0.273. The Labute approximate surface area is 107 Å². The lowest BCUT2D eigenvalue weighted by atomic mass is 10.3. The van der Waals surface area contributed by atoms with Crippen molar-refractivity contribution in [2.45, 2.75) is 13.8 Å². The standard InChI is InChI=1S/C11H10ClN3O3/c1-3-18-11(17)7-5-9(16)15-8(13-7)4-6(2)10(12)14-15/h4-5H,3H2,1-2H3. The first kappa shape index (κ1) is 12.5. The van der Waals surface area contributed by atoms with Crippen molar-refractivity contribution in [2.24, 2.45) is 0 Å². The predicted molar refractivity (Wildman–Crippen MR) is 65.0 cm³/mol. The number of hydrogen-bond donors (Lipinski definition) is 0. The zero-order valence-electron chi connectivity index (χ0n) is 9.81. The molecule has 94 valence electrons. The third-order valence-electron chi connectivity index (χ3n) is 2.26. The van der Waals surface area contributed by atoms with Gasteiger partial charge >= 0.3 is 5.97 Å². The Morgan fingerprint density at radius 2 is 2.22 bits per heavy atom. The fourth-order valence-corrected chi connectivity index (χ4v) is 1.55. The van der Waals surface area contributed by atoms with Crippen LogP contribution in [-0.4, -0.2) is 27.2 Å².